The van der Waals surface area contributed by atoms with Crippen molar-refractivity contribution in [3.63, 3.8) is 0 Å². The highest BCUT2D eigenvalue weighted by Crippen LogP contribution is 1.97. The molecule has 1 heterocycles. The van der Waals surface area contributed by atoms with Crippen LogP contribution in [0.25, 0.3) is 0 Å². The van der Waals surface area contributed by atoms with Gasteiger partial charge in [0.15, 0.2) is 0 Å². The van der Waals surface area contributed by atoms with Gasteiger partial charge in [0, 0.05) is 45.7 Å². The Hall–Kier alpha value is -1.56. The molecule has 0 aliphatic rings. The van der Waals surface area contributed by atoms with Crippen LogP contribution in [0.3, 0.4) is 0 Å². The third-order valence-corrected chi connectivity index (χ3v) is 2.94. The fourth-order valence-corrected chi connectivity index (χ4v) is 1.68. The van der Waals surface area contributed by atoms with Gasteiger partial charge in [0.2, 0.25) is 0 Å². The number of urea groups is 1. The second-order valence-corrected chi connectivity index (χ2v) is 4.39. The number of nitrogens with one attached hydrogen (secondary N) is 1. The number of carbonyl (C=O) groups excluding carboxylic acids is 1. The molecule has 0 bridgehead atoms. The molecule has 0 radical (unpaired) electrons. The second kappa shape index (κ2) is 8.53. The molecule has 19 heavy (non-hydrogen) atoms. The maximum absolute atomic E-state index is 11.9. The number of hydrogen-bond donors (Lipinski definition) is 1. The fourth-order valence-electron chi connectivity index (χ4n) is 1.68. The second-order valence-electron chi connectivity index (χ2n) is 4.39. The Morgan fingerprint density at radius 1 is 1.53 bits per heavy atom. The van der Waals surface area contributed by atoms with Gasteiger partial charge < -0.3 is 19.5 Å². The molecule has 0 aliphatic carbocycles. The van der Waals surface area contributed by atoms with Gasteiger partial charge >= 0.3 is 6.03 Å². The van der Waals surface area contributed by atoms with Gasteiger partial charge in [-0.3, -0.25) is 0 Å². The zero-order valence-electron chi connectivity index (χ0n) is 12.0. The van der Waals surface area contributed by atoms with Gasteiger partial charge in [0.25, 0.3) is 0 Å². The van der Waals surface area contributed by atoms with Crippen LogP contribution in [0.5, 0.6) is 0 Å². The van der Waals surface area contributed by atoms with E-state index >= 15 is 0 Å². The van der Waals surface area contributed by atoms with Gasteiger partial charge in [0.1, 0.15) is 0 Å². The molecule has 0 aromatic carbocycles. The first kappa shape index (κ1) is 15.5. The number of likely N-dealkylation sites (N-methyl/N-ethyl adjacent to an activating group) is 1. The highest BCUT2D eigenvalue weighted by atomic mass is 16.5. The summed E-state index contributed by atoms with van der Waals surface area (Å²) in [6.45, 7) is 6.63. The van der Waals surface area contributed by atoms with E-state index in [1.54, 1.807) is 24.5 Å². The molecule has 1 N–H and O–H groups in total. The average molecular weight is 268 g/mol. The van der Waals surface area contributed by atoms with Crippen LogP contribution in [0, 0.1) is 0 Å². The molecular weight excluding hydrogens is 244 g/mol. The molecule has 0 saturated heterocycles. The predicted octanol–water partition coefficient (Wildman–Crippen LogP) is 1.34. The highest BCUT2D eigenvalue weighted by Gasteiger charge is 2.11. The van der Waals surface area contributed by atoms with Crippen molar-refractivity contribution in [3.05, 3.63) is 18.7 Å². The lowest BCUT2D eigenvalue weighted by Crippen LogP contribution is -2.42. The standard InChI is InChI=1S/C13H24N4O2/c1-4-12(19-5-2)10-15-13(18)16(3)8-9-17-7-6-14-11-17/h6-7,11-12H,4-5,8-10H2,1-3H3,(H,15,18)/t12-/m1/s1. The molecule has 1 aromatic rings. The maximum Gasteiger partial charge on any atom is 0.317 e. The van der Waals surface area contributed by atoms with Gasteiger partial charge in [-0.15, -0.1) is 0 Å². The van der Waals surface area contributed by atoms with Crippen molar-refractivity contribution in [1.82, 2.24) is 19.8 Å². The topological polar surface area (TPSA) is 59.4 Å². The normalized spacial score (nSPS) is 12.2. The van der Waals surface area contributed by atoms with Gasteiger partial charge in [-0.25, -0.2) is 9.78 Å². The highest BCUT2D eigenvalue weighted by molar-refractivity contribution is 5.73. The first-order valence-corrected chi connectivity index (χ1v) is 6.73. The lowest BCUT2D eigenvalue weighted by molar-refractivity contribution is 0.0608. The van der Waals surface area contributed by atoms with E-state index in [1.807, 2.05) is 17.7 Å². The monoisotopic (exact) mass is 268 g/mol. The van der Waals surface area contributed by atoms with Gasteiger partial charge in [-0.2, -0.15) is 0 Å². The third-order valence-electron chi connectivity index (χ3n) is 2.94. The minimum atomic E-state index is -0.0710. The van der Waals surface area contributed by atoms with Gasteiger partial charge in [-0.1, -0.05) is 6.92 Å². The first-order chi connectivity index (χ1) is 9.17. The Labute approximate surface area is 114 Å². The van der Waals surface area contributed by atoms with E-state index < -0.39 is 0 Å². The molecule has 1 atom stereocenters. The quantitative estimate of drug-likeness (QED) is 0.774. The summed E-state index contributed by atoms with van der Waals surface area (Å²) in [6, 6.07) is -0.0710. The molecule has 6 nitrogen and oxygen atoms in total. The Morgan fingerprint density at radius 2 is 2.32 bits per heavy atom. The molecule has 0 spiro atoms. The largest absolute Gasteiger partial charge is 0.377 e. The molecular formula is C13H24N4O2. The number of hydrogen-bond acceptors (Lipinski definition) is 3. The molecule has 0 fully saturated rings. The minimum absolute atomic E-state index is 0.0710. The third kappa shape index (κ3) is 5.74. The summed E-state index contributed by atoms with van der Waals surface area (Å²) in [5.41, 5.74) is 0. The Balaban J connectivity index is 2.24. The molecule has 1 rings (SSSR count). The number of rotatable bonds is 8. The van der Waals surface area contributed by atoms with E-state index in [0.29, 0.717) is 19.7 Å². The van der Waals surface area contributed by atoms with Crippen LogP contribution in [0.1, 0.15) is 20.3 Å². The molecule has 6 heteroatoms. The van der Waals surface area contributed by atoms with Crippen LogP contribution in [0.15, 0.2) is 18.7 Å². The minimum Gasteiger partial charge on any atom is -0.377 e. The summed E-state index contributed by atoms with van der Waals surface area (Å²) in [4.78, 5) is 17.5. The van der Waals surface area contributed by atoms with Gasteiger partial charge in [0.05, 0.1) is 12.4 Å². The zero-order chi connectivity index (χ0) is 14.1. The van der Waals surface area contributed by atoms with E-state index in [4.69, 9.17) is 4.74 Å². The van der Waals surface area contributed by atoms with Crippen molar-refractivity contribution in [3.8, 4) is 0 Å². The van der Waals surface area contributed by atoms with Crippen LogP contribution in [-0.2, 0) is 11.3 Å². The lowest BCUT2D eigenvalue weighted by atomic mass is 10.3. The van der Waals surface area contributed by atoms with Crippen molar-refractivity contribution in [2.45, 2.75) is 32.9 Å². The summed E-state index contributed by atoms with van der Waals surface area (Å²) in [5.74, 6) is 0. The van der Waals surface area contributed by atoms with Crippen LogP contribution in [0.4, 0.5) is 4.79 Å². The van der Waals surface area contributed by atoms with E-state index in [-0.39, 0.29) is 12.1 Å². The molecule has 0 unspecified atom stereocenters. The van der Waals surface area contributed by atoms with Crippen LogP contribution >= 0.6 is 0 Å². The number of nitrogens with zero attached hydrogens (tertiary/aromatic N) is 3. The fraction of sp³-hybridized carbons (Fsp3) is 0.692. The zero-order valence-corrected chi connectivity index (χ0v) is 12.0. The van der Waals surface area contributed by atoms with Crippen molar-refractivity contribution in [1.29, 1.82) is 0 Å². The number of aromatic nitrogens is 2. The van der Waals surface area contributed by atoms with E-state index in [0.717, 1.165) is 13.0 Å². The number of ether oxygens (including phenoxy) is 1. The number of amides is 2. The van der Waals surface area contributed by atoms with Crippen molar-refractivity contribution >= 4 is 6.03 Å². The first-order valence-electron chi connectivity index (χ1n) is 6.73. The SMILES string of the molecule is CCO[C@H](CC)CNC(=O)N(C)CCn1ccnc1. The molecule has 0 aliphatic heterocycles. The van der Waals surface area contributed by atoms with Crippen LogP contribution in [-0.4, -0.2) is 53.3 Å². The van der Waals surface area contributed by atoms with E-state index in [1.165, 1.54) is 0 Å². The summed E-state index contributed by atoms with van der Waals surface area (Å²) < 4.78 is 7.44. The van der Waals surface area contributed by atoms with E-state index in [2.05, 4.69) is 17.2 Å². The Morgan fingerprint density at radius 3 is 2.89 bits per heavy atom. The van der Waals surface area contributed by atoms with Gasteiger partial charge in [-0.05, 0) is 13.3 Å². The number of carbonyl (C=O) groups is 1. The molecule has 1 aromatic heterocycles. The maximum atomic E-state index is 11.9. The summed E-state index contributed by atoms with van der Waals surface area (Å²) in [5, 5.41) is 2.89. The van der Waals surface area contributed by atoms with Crippen molar-refractivity contribution in [2.75, 3.05) is 26.7 Å². The molecule has 2 amide bonds. The van der Waals surface area contributed by atoms with Crippen molar-refractivity contribution in [2.24, 2.45) is 0 Å². The van der Waals surface area contributed by atoms with Crippen LogP contribution in [0.2, 0.25) is 0 Å². The lowest BCUT2D eigenvalue weighted by Gasteiger charge is -2.21. The average Bonchev–Trinajstić information content (AvgIpc) is 2.93. The molecule has 0 saturated carbocycles. The summed E-state index contributed by atoms with van der Waals surface area (Å²) >= 11 is 0. The smallest absolute Gasteiger partial charge is 0.317 e. The molecule has 108 valence electrons. The Bertz CT molecular complexity index is 354. The van der Waals surface area contributed by atoms with Crippen molar-refractivity contribution < 1.29 is 9.53 Å². The summed E-state index contributed by atoms with van der Waals surface area (Å²) in [6.07, 6.45) is 6.35. The Kier molecular flexibility index (Phi) is 6.95. The summed E-state index contributed by atoms with van der Waals surface area (Å²) in [7, 11) is 1.79. The predicted molar refractivity (Wildman–Crippen MR) is 74.0 cm³/mol. The number of imidazole rings is 1. The van der Waals surface area contributed by atoms with E-state index in [9.17, 15) is 4.79 Å². The van der Waals surface area contributed by atoms with Crippen LogP contribution < -0.4 is 5.32 Å².